The Labute approximate surface area is 190 Å². The molecule has 0 aromatic heterocycles. The Balaban J connectivity index is 1.84. The fourth-order valence-corrected chi connectivity index (χ4v) is 3.90. The summed E-state index contributed by atoms with van der Waals surface area (Å²) in [5.74, 6) is 3.14. The van der Waals surface area contributed by atoms with Crippen molar-refractivity contribution in [2.24, 2.45) is 0 Å². The standard InChI is InChI=1S/C29H23O2P/c30-32-22-31-29-19-18-26(17-16-23-10-4-1-5-11-23)27(20-24-12-6-2-7-13-24)28(29)21-25-14-8-3-9-15-25/h1-19H,20-21H2/b17-16-. The maximum absolute atomic E-state index is 11.0. The van der Waals surface area contributed by atoms with Gasteiger partial charge in [0.05, 0.1) is 0 Å². The average Bonchev–Trinajstić information content (AvgIpc) is 2.85. The normalized spacial score (nSPS) is 10.6. The number of hydrogen-bond donors (Lipinski definition) is 0. The van der Waals surface area contributed by atoms with Gasteiger partial charge in [-0.05, 0) is 0 Å². The monoisotopic (exact) mass is 434 g/mol. The Morgan fingerprint density at radius 3 is 1.81 bits per heavy atom. The van der Waals surface area contributed by atoms with Crippen LogP contribution < -0.4 is 4.74 Å². The number of hydrogen-bond acceptors (Lipinski definition) is 2. The molecule has 0 N–H and O–H groups in total. The zero-order chi connectivity index (χ0) is 22.0. The molecule has 0 bridgehead atoms. The van der Waals surface area contributed by atoms with Gasteiger partial charge in [0.1, 0.15) is 0 Å². The van der Waals surface area contributed by atoms with Crippen LogP contribution in [0.1, 0.15) is 33.4 Å². The van der Waals surface area contributed by atoms with Gasteiger partial charge in [0, 0.05) is 0 Å². The molecular weight excluding hydrogens is 411 g/mol. The summed E-state index contributed by atoms with van der Waals surface area (Å²) in [6.45, 7) is 0. The second-order valence-electron chi connectivity index (χ2n) is 7.46. The molecule has 0 fully saturated rings. The van der Waals surface area contributed by atoms with Gasteiger partial charge in [-0.15, -0.1) is 0 Å². The van der Waals surface area contributed by atoms with Crippen LogP contribution in [-0.4, -0.2) is 0 Å². The Kier molecular flexibility index (Phi) is 7.55. The maximum atomic E-state index is 11.0. The molecule has 32 heavy (non-hydrogen) atoms. The molecule has 0 spiro atoms. The average molecular weight is 434 g/mol. The van der Waals surface area contributed by atoms with E-state index in [2.05, 4.69) is 72.6 Å². The van der Waals surface area contributed by atoms with Crippen LogP contribution in [0.3, 0.4) is 0 Å². The molecule has 0 atom stereocenters. The molecule has 3 heteroatoms. The minimum atomic E-state index is -0.271. The minimum absolute atomic E-state index is 0.271. The quantitative estimate of drug-likeness (QED) is 0.221. The molecule has 4 aromatic carbocycles. The molecule has 0 saturated heterocycles. The van der Waals surface area contributed by atoms with Crippen molar-refractivity contribution in [3.05, 3.63) is 137 Å². The molecule has 0 aliphatic carbocycles. The van der Waals surface area contributed by atoms with Crippen LogP contribution in [0.2, 0.25) is 0 Å². The zero-order valence-electron chi connectivity index (χ0n) is 17.6. The van der Waals surface area contributed by atoms with Crippen LogP contribution in [0.5, 0.6) is 5.75 Å². The van der Waals surface area contributed by atoms with Gasteiger partial charge in [-0.3, -0.25) is 0 Å². The molecule has 0 aliphatic heterocycles. The number of ether oxygens (including phenoxy) is 1. The Morgan fingerprint density at radius 1 is 0.656 bits per heavy atom. The van der Waals surface area contributed by atoms with Gasteiger partial charge in [-0.1, -0.05) is 0 Å². The second-order valence-corrected chi connectivity index (χ2v) is 7.83. The van der Waals surface area contributed by atoms with E-state index in [1.54, 1.807) is 0 Å². The molecule has 0 saturated carbocycles. The molecule has 0 heterocycles. The first-order valence-corrected chi connectivity index (χ1v) is 11.3. The van der Waals surface area contributed by atoms with E-state index in [0.717, 1.165) is 23.1 Å². The van der Waals surface area contributed by atoms with Crippen molar-refractivity contribution in [3.8, 4) is 11.6 Å². The second kappa shape index (κ2) is 11.2. The van der Waals surface area contributed by atoms with E-state index in [0.29, 0.717) is 12.2 Å². The van der Waals surface area contributed by atoms with Crippen LogP contribution in [0.4, 0.5) is 0 Å². The van der Waals surface area contributed by atoms with Gasteiger partial charge >= 0.3 is 190 Å². The SMILES string of the molecule is O=P#COc1ccc(/C=C\c2ccccc2)c(Cc2ccccc2)c1Cc1ccccc1. The summed E-state index contributed by atoms with van der Waals surface area (Å²) in [6.07, 6.45) is 5.77. The summed E-state index contributed by atoms with van der Waals surface area (Å²) in [4.78, 5) is 0. The summed E-state index contributed by atoms with van der Waals surface area (Å²) in [6, 6.07) is 35.0. The van der Waals surface area contributed by atoms with E-state index >= 15 is 0 Å². The number of benzene rings is 4. The fraction of sp³-hybridized carbons (Fsp3) is 0.0690. The third-order valence-electron chi connectivity index (χ3n) is 5.32. The molecular formula is C29H23O2P. The summed E-state index contributed by atoms with van der Waals surface area (Å²) >= 11 is 0. The first kappa shape index (κ1) is 21.7. The third-order valence-corrected chi connectivity index (χ3v) is 5.49. The third kappa shape index (κ3) is 5.77. The molecule has 2 nitrogen and oxygen atoms in total. The van der Waals surface area contributed by atoms with Gasteiger partial charge in [0.15, 0.2) is 0 Å². The Morgan fingerprint density at radius 2 is 1.22 bits per heavy atom. The molecule has 4 aromatic rings. The predicted molar refractivity (Wildman–Crippen MR) is 132 cm³/mol. The summed E-state index contributed by atoms with van der Waals surface area (Å²) in [5.41, 5.74) is 6.96. The summed E-state index contributed by atoms with van der Waals surface area (Å²) < 4.78 is 16.7. The van der Waals surface area contributed by atoms with E-state index in [1.807, 2.05) is 48.5 Å². The van der Waals surface area contributed by atoms with Crippen molar-refractivity contribution in [3.63, 3.8) is 0 Å². The van der Waals surface area contributed by atoms with Crippen molar-refractivity contribution >= 4 is 20.1 Å². The topological polar surface area (TPSA) is 26.3 Å². The predicted octanol–water partition coefficient (Wildman–Crippen LogP) is 7.63. The summed E-state index contributed by atoms with van der Waals surface area (Å²) in [7, 11) is -0.271. The van der Waals surface area contributed by atoms with Gasteiger partial charge in [0.25, 0.3) is 0 Å². The van der Waals surface area contributed by atoms with Crippen molar-refractivity contribution < 1.29 is 9.30 Å². The van der Waals surface area contributed by atoms with E-state index in [-0.39, 0.29) is 7.92 Å². The Bertz CT molecular complexity index is 1290. The van der Waals surface area contributed by atoms with Crippen LogP contribution in [0.15, 0.2) is 103 Å². The first-order chi connectivity index (χ1) is 15.8. The molecule has 0 amide bonds. The van der Waals surface area contributed by atoms with Crippen LogP contribution >= 0.6 is 7.92 Å². The van der Waals surface area contributed by atoms with E-state index in [9.17, 15) is 4.57 Å². The summed E-state index contributed by atoms with van der Waals surface area (Å²) in [5, 5.41) is 0. The van der Waals surface area contributed by atoms with Gasteiger partial charge in [-0.25, -0.2) is 0 Å². The molecule has 4 rings (SSSR count). The van der Waals surface area contributed by atoms with E-state index in [1.165, 1.54) is 16.7 Å². The zero-order valence-corrected chi connectivity index (χ0v) is 18.5. The van der Waals surface area contributed by atoms with Crippen LogP contribution in [0, 0.1) is 5.81 Å². The fourth-order valence-electron chi connectivity index (χ4n) is 3.76. The molecule has 0 aliphatic rings. The van der Waals surface area contributed by atoms with Crippen molar-refractivity contribution in [2.45, 2.75) is 12.8 Å². The van der Waals surface area contributed by atoms with Crippen LogP contribution in [0.25, 0.3) is 12.2 Å². The Hall–Kier alpha value is -3.57. The van der Waals surface area contributed by atoms with Gasteiger partial charge < -0.3 is 0 Å². The van der Waals surface area contributed by atoms with E-state index < -0.39 is 0 Å². The molecule has 156 valence electrons. The van der Waals surface area contributed by atoms with E-state index in [4.69, 9.17) is 4.74 Å². The molecule has 0 radical (unpaired) electrons. The van der Waals surface area contributed by atoms with Crippen molar-refractivity contribution in [1.82, 2.24) is 0 Å². The van der Waals surface area contributed by atoms with Gasteiger partial charge in [0.2, 0.25) is 0 Å². The van der Waals surface area contributed by atoms with Crippen molar-refractivity contribution in [1.29, 1.82) is 0 Å². The molecule has 0 unspecified atom stereocenters. The number of rotatable bonds is 7. The first-order valence-electron chi connectivity index (χ1n) is 10.5. The van der Waals surface area contributed by atoms with Crippen LogP contribution in [-0.2, 0) is 17.4 Å². The van der Waals surface area contributed by atoms with Crippen molar-refractivity contribution in [2.75, 3.05) is 0 Å². The van der Waals surface area contributed by atoms with Gasteiger partial charge in [-0.2, -0.15) is 0 Å².